The van der Waals surface area contributed by atoms with Crippen LogP contribution in [0.15, 0.2) is 35.6 Å². The van der Waals surface area contributed by atoms with Gasteiger partial charge in [-0.1, -0.05) is 0 Å². The molecule has 4 heterocycles. The van der Waals surface area contributed by atoms with Crippen molar-refractivity contribution >= 4 is 15.7 Å². The van der Waals surface area contributed by atoms with Crippen molar-refractivity contribution < 1.29 is 13.2 Å². The first-order valence-corrected chi connectivity index (χ1v) is 10.1. The van der Waals surface area contributed by atoms with Crippen LogP contribution in [0.3, 0.4) is 0 Å². The number of nitrogens with zero attached hydrogens (tertiary/aromatic N) is 6. The second kappa shape index (κ2) is 7.00. The lowest BCUT2D eigenvalue weighted by Gasteiger charge is -2.27. The fourth-order valence-corrected chi connectivity index (χ4v) is 3.80. The summed E-state index contributed by atoms with van der Waals surface area (Å²) in [6, 6.07) is 5.51. The van der Waals surface area contributed by atoms with Crippen LogP contribution in [0, 0.1) is 0 Å². The number of aromatic nitrogens is 6. The molecule has 1 N–H and O–H groups in total. The van der Waals surface area contributed by atoms with Gasteiger partial charge in [-0.2, -0.15) is 5.21 Å². The van der Waals surface area contributed by atoms with Gasteiger partial charge in [0.2, 0.25) is 5.82 Å². The fourth-order valence-electron chi connectivity index (χ4n) is 2.97. The summed E-state index contributed by atoms with van der Waals surface area (Å²) in [6.07, 6.45) is 4.25. The van der Waals surface area contributed by atoms with Crippen molar-refractivity contribution in [1.82, 2.24) is 30.6 Å². The molecule has 3 aromatic rings. The molecule has 1 aliphatic heterocycles. The minimum atomic E-state index is -3.59. The summed E-state index contributed by atoms with van der Waals surface area (Å²) in [7, 11) is -3.59. The summed E-state index contributed by atoms with van der Waals surface area (Å²) in [5.41, 5.74) is 1.65. The number of tetrazole rings is 1. The molecule has 0 aromatic carbocycles. The maximum atomic E-state index is 12.2. The third-order valence-corrected chi connectivity index (χ3v) is 5.24. The Bertz CT molecular complexity index is 1030. The van der Waals surface area contributed by atoms with Crippen LogP contribution in [0.2, 0.25) is 0 Å². The first kappa shape index (κ1) is 17.5. The van der Waals surface area contributed by atoms with Crippen molar-refractivity contribution in [2.24, 2.45) is 0 Å². The van der Waals surface area contributed by atoms with E-state index in [1.54, 1.807) is 12.3 Å². The Hall–Kier alpha value is -2.92. The predicted octanol–water partition coefficient (Wildman–Crippen LogP) is 0.564. The normalized spacial score (nSPS) is 15.1. The predicted molar refractivity (Wildman–Crippen MR) is 96.8 cm³/mol. The van der Waals surface area contributed by atoms with Gasteiger partial charge in [0.15, 0.2) is 14.9 Å². The number of hydrogen-bond acceptors (Lipinski definition) is 9. The van der Waals surface area contributed by atoms with Gasteiger partial charge in [-0.25, -0.2) is 18.4 Å². The Balaban J connectivity index is 1.80. The highest BCUT2D eigenvalue weighted by molar-refractivity contribution is 7.90. The Kier molecular flexibility index (Phi) is 4.54. The molecule has 4 rings (SSSR count). The lowest BCUT2D eigenvalue weighted by atomic mass is 10.0. The quantitative estimate of drug-likeness (QED) is 0.683. The highest BCUT2D eigenvalue weighted by atomic mass is 32.2. The monoisotopic (exact) mass is 387 g/mol. The van der Waals surface area contributed by atoms with Crippen LogP contribution in [0.25, 0.3) is 22.5 Å². The van der Waals surface area contributed by atoms with Gasteiger partial charge in [0, 0.05) is 37.3 Å². The first-order chi connectivity index (χ1) is 13.0. The second-order valence-electron chi connectivity index (χ2n) is 6.05. The van der Waals surface area contributed by atoms with E-state index in [0.717, 1.165) is 30.7 Å². The van der Waals surface area contributed by atoms with Crippen LogP contribution in [0.5, 0.6) is 0 Å². The van der Waals surface area contributed by atoms with Crippen molar-refractivity contribution in [3.8, 4) is 22.5 Å². The molecule has 0 bridgehead atoms. The van der Waals surface area contributed by atoms with Gasteiger partial charge in [0.1, 0.15) is 5.82 Å². The average molecular weight is 387 g/mol. The highest BCUT2D eigenvalue weighted by Crippen LogP contribution is 2.34. The molecule has 0 spiro atoms. The van der Waals surface area contributed by atoms with Crippen LogP contribution < -0.4 is 4.90 Å². The number of ether oxygens (including phenoxy) is 1. The number of sulfone groups is 1. The van der Waals surface area contributed by atoms with E-state index in [2.05, 4.69) is 35.5 Å². The standard InChI is InChI=1S/C16H17N7O3S/c1-27(24,25)16-14(15-19-21-22-20-15)12(4-5-17-16)11-2-3-13(18-10-11)23-6-8-26-9-7-23/h2-5,10H,6-9H2,1H3,(H,19,20,21,22). The zero-order valence-electron chi connectivity index (χ0n) is 14.5. The van der Waals surface area contributed by atoms with Crippen LogP contribution in [0.1, 0.15) is 0 Å². The van der Waals surface area contributed by atoms with Crippen LogP contribution in [0.4, 0.5) is 5.82 Å². The number of aromatic amines is 1. The third-order valence-electron chi connectivity index (χ3n) is 4.23. The van der Waals surface area contributed by atoms with E-state index in [9.17, 15) is 8.42 Å². The van der Waals surface area contributed by atoms with Crippen molar-refractivity contribution in [1.29, 1.82) is 0 Å². The van der Waals surface area contributed by atoms with Gasteiger partial charge < -0.3 is 9.64 Å². The maximum absolute atomic E-state index is 12.2. The molecular formula is C16H17N7O3S. The molecule has 1 fully saturated rings. The summed E-state index contributed by atoms with van der Waals surface area (Å²) in [4.78, 5) is 10.7. The summed E-state index contributed by atoms with van der Waals surface area (Å²) in [5.74, 6) is 1.01. The molecule has 0 unspecified atom stereocenters. The number of H-pyrrole nitrogens is 1. The summed E-state index contributed by atoms with van der Waals surface area (Å²) in [6.45, 7) is 2.92. The van der Waals surface area contributed by atoms with E-state index in [4.69, 9.17) is 4.74 Å². The number of pyridine rings is 2. The SMILES string of the molecule is CS(=O)(=O)c1nccc(-c2ccc(N3CCOCC3)nc2)c1-c1nn[nH]n1. The Morgan fingerprint density at radius 3 is 2.59 bits per heavy atom. The molecule has 0 atom stereocenters. The Labute approximate surface area is 155 Å². The zero-order valence-corrected chi connectivity index (χ0v) is 15.3. The van der Waals surface area contributed by atoms with Crippen molar-refractivity contribution in [2.75, 3.05) is 37.5 Å². The zero-order chi connectivity index (χ0) is 18.9. The molecule has 0 saturated carbocycles. The topological polar surface area (TPSA) is 127 Å². The smallest absolute Gasteiger partial charge is 0.208 e. The van der Waals surface area contributed by atoms with E-state index < -0.39 is 9.84 Å². The van der Waals surface area contributed by atoms with Gasteiger partial charge in [-0.3, -0.25) is 0 Å². The molecule has 1 saturated heterocycles. The molecular weight excluding hydrogens is 370 g/mol. The van der Waals surface area contributed by atoms with E-state index in [1.807, 2.05) is 12.1 Å². The Morgan fingerprint density at radius 2 is 1.96 bits per heavy atom. The van der Waals surface area contributed by atoms with E-state index >= 15 is 0 Å². The van der Waals surface area contributed by atoms with Gasteiger partial charge in [-0.05, 0) is 29.0 Å². The van der Waals surface area contributed by atoms with E-state index in [0.29, 0.717) is 24.3 Å². The number of rotatable bonds is 4. The number of anilines is 1. The molecule has 0 aliphatic carbocycles. The molecule has 140 valence electrons. The second-order valence-corrected chi connectivity index (χ2v) is 7.98. The van der Waals surface area contributed by atoms with Gasteiger partial charge in [-0.15, -0.1) is 10.2 Å². The largest absolute Gasteiger partial charge is 0.378 e. The molecule has 0 amide bonds. The molecule has 0 radical (unpaired) electrons. The maximum Gasteiger partial charge on any atom is 0.208 e. The number of morpholine rings is 1. The van der Waals surface area contributed by atoms with Gasteiger partial charge in [0.25, 0.3) is 0 Å². The molecule has 1 aliphatic rings. The average Bonchev–Trinajstić information content (AvgIpc) is 3.22. The number of hydrogen-bond donors (Lipinski definition) is 1. The van der Waals surface area contributed by atoms with Crippen LogP contribution >= 0.6 is 0 Å². The minimum absolute atomic E-state index is 0.0985. The highest BCUT2D eigenvalue weighted by Gasteiger charge is 2.24. The third kappa shape index (κ3) is 3.51. The Morgan fingerprint density at radius 1 is 1.15 bits per heavy atom. The van der Waals surface area contributed by atoms with Crippen LogP contribution in [-0.2, 0) is 14.6 Å². The van der Waals surface area contributed by atoms with Crippen LogP contribution in [-0.4, -0.2) is 71.6 Å². The summed E-state index contributed by atoms with van der Waals surface area (Å²) < 4.78 is 29.8. The van der Waals surface area contributed by atoms with Crippen molar-refractivity contribution in [3.63, 3.8) is 0 Å². The number of nitrogens with one attached hydrogen (secondary N) is 1. The lowest BCUT2D eigenvalue weighted by molar-refractivity contribution is 0.122. The minimum Gasteiger partial charge on any atom is -0.378 e. The summed E-state index contributed by atoms with van der Waals surface area (Å²) >= 11 is 0. The lowest BCUT2D eigenvalue weighted by Crippen LogP contribution is -2.36. The molecule has 27 heavy (non-hydrogen) atoms. The molecule has 11 heteroatoms. The fraction of sp³-hybridized carbons (Fsp3) is 0.312. The summed E-state index contributed by atoms with van der Waals surface area (Å²) in [5, 5.41) is 13.7. The molecule has 10 nitrogen and oxygen atoms in total. The van der Waals surface area contributed by atoms with Crippen molar-refractivity contribution in [3.05, 3.63) is 30.6 Å². The van der Waals surface area contributed by atoms with E-state index in [-0.39, 0.29) is 10.9 Å². The van der Waals surface area contributed by atoms with Gasteiger partial charge in [0.05, 0.1) is 18.8 Å². The first-order valence-electron chi connectivity index (χ1n) is 8.26. The van der Waals surface area contributed by atoms with Crippen molar-refractivity contribution in [2.45, 2.75) is 5.03 Å². The molecule has 3 aromatic heterocycles. The van der Waals surface area contributed by atoms with E-state index in [1.165, 1.54) is 6.20 Å². The van der Waals surface area contributed by atoms with Gasteiger partial charge >= 0.3 is 0 Å².